The zero-order valence-corrected chi connectivity index (χ0v) is 20.7. The Kier molecular flexibility index (Phi) is 8.38. The highest BCUT2D eigenvalue weighted by molar-refractivity contribution is 6.30. The highest BCUT2D eigenvalue weighted by atomic mass is 35.5. The average molecular weight is 472 g/mol. The first-order valence-electron chi connectivity index (χ1n) is 11.4. The molecule has 6 nitrogen and oxygen atoms in total. The van der Waals surface area contributed by atoms with Crippen molar-refractivity contribution in [2.45, 2.75) is 58.7 Å². The molecule has 0 spiro atoms. The highest BCUT2D eigenvalue weighted by Gasteiger charge is 2.33. The van der Waals surface area contributed by atoms with Crippen molar-refractivity contribution in [3.05, 3.63) is 64.7 Å². The van der Waals surface area contributed by atoms with Crippen LogP contribution in [-0.2, 0) is 16.1 Å². The summed E-state index contributed by atoms with van der Waals surface area (Å²) in [6, 6.07) is 15.3. The van der Waals surface area contributed by atoms with E-state index in [1.807, 2.05) is 43.9 Å². The Labute approximate surface area is 201 Å². The fourth-order valence-electron chi connectivity index (χ4n) is 4.07. The number of nitrogens with one attached hydrogen (secondary N) is 1. The molecule has 33 heavy (non-hydrogen) atoms. The molecule has 1 atom stereocenters. The van der Waals surface area contributed by atoms with Crippen molar-refractivity contribution in [3.8, 4) is 0 Å². The molecule has 1 aliphatic rings. The van der Waals surface area contributed by atoms with Crippen molar-refractivity contribution in [3.63, 3.8) is 0 Å². The number of amides is 2. The molecule has 0 unspecified atom stereocenters. The number of likely N-dealkylation sites (tertiary alicyclic amines) is 1. The van der Waals surface area contributed by atoms with Crippen molar-refractivity contribution in [2.24, 2.45) is 0 Å². The summed E-state index contributed by atoms with van der Waals surface area (Å²) in [4.78, 5) is 29.6. The highest BCUT2D eigenvalue weighted by Crippen LogP contribution is 2.23. The Balaban J connectivity index is 1.73. The van der Waals surface area contributed by atoms with Gasteiger partial charge < -0.3 is 15.0 Å². The second-order valence-electron chi connectivity index (χ2n) is 9.62. The molecular formula is C26H34ClN3O3. The van der Waals surface area contributed by atoms with Crippen LogP contribution in [0.2, 0.25) is 5.02 Å². The van der Waals surface area contributed by atoms with E-state index in [2.05, 4.69) is 29.3 Å². The van der Waals surface area contributed by atoms with E-state index in [0.29, 0.717) is 30.3 Å². The van der Waals surface area contributed by atoms with Gasteiger partial charge in [0.25, 0.3) is 0 Å². The normalized spacial score (nSPS) is 16.2. The fraction of sp³-hybridized carbons (Fsp3) is 0.462. The molecule has 2 amide bonds. The Morgan fingerprint density at radius 2 is 1.94 bits per heavy atom. The van der Waals surface area contributed by atoms with Gasteiger partial charge in [0, 0.05) is 36.4 Å². The number of hydrogen-bond acceptors (Lipinski definition) is 4. The van der Waals surface area contributed by atoms with Crippen molar-refractivity contribution in [1.29, 1.82) is 0 Å². The van der Waals surface area contributed by atoms with E-state index in [0.717, 1.165) is 18.4 Å². The summed E-state index contributed by atoms with van der Waals surface area (Å²) in [7, 11) is 0. The monoisotopic (exact) mass is 471 g/mol. The molecular weight excluding hydrogens is 438 g/mol. The topological polar surface area (TPSA) is 61.9 Å². The van der Waals surface area contributed by atoms with Crippen molar-refractivity contribution >= 4 is 29.3 Å². The molecule has 1 fully saturated rings. The Morgan fingerprint density at radius 1 is 1.18 bits per heavy atom. The zero-order valence-electron chi connectivity index (χ0n) is 19.9. The molecule has 0 bridgehead atoms. The molecule has 3 rings (SSSR count). The molecule has 1 saturated heterocycles. The molecule has 1 aliphatic heterocycles. The number of carbonyl (C=O) groups excluding carboxylic acids is 2. The Bertz CT molecular complexity index is 973. The third-order valence-electron chi connectivity index (χ3n) is 5.60. The van der Waals surface area contributed by atoms with Crippen LogP contribution in [0.1, 0.15) is 44.7 Å². The van der Waals surface area contributed by atoms with E-state index in [-0.39, 0.29) is 24.6 Å². The van der Waals surface area contributed by atoms with Crippen LogP contribution >= 0.6 is 11.6 Å². The largest absolute Gasteiger partial charge is 0.444 e. The molecule has 7 heteroatoms. The lowest BCUT2D eigenvalue weighted by Crippen LogP contribution is -2.46. The van der Waals surface area contributed by atoms with Gasteiger partial charge in [-0.05, 0) is 69.9 Å². The van der Waals surface area contributed by atoms with Crippen LogP contribution in [-0.4, -0.2) is 53.1 Å². The van der Waals surface area contributed by atoms with Crippen LogP contribution in [0.4, 0.5) is 10.5 Å². The molecule has 2 aromatic rings. The van der Waals surface area contributed by atoms with Gasteiger partial charge in [0.2, 0.25) is 5.91 Å². The number of nitrogens with zero attached hydrogens (tertiary/aromatic N) is 2. The van der Waals surface area contributed by atoms with E-state index in [1.54, 1.807) is 18.2 Å². The van der Waals surface area contributed by atoms with Gasteiger partial charge in [-0.15, -0.1) is 0 Å². The second-order valence-corrected chi connectivity index (χ2v) is 10.1. The first kappa shape index (κ1) is 25.1. The summed E-state index contributed by atoms with van der Waals surface area (Å²) in [5.74, 6) is -0.118. The van der Waals surface area contributed by atoms with Crippen LogP contribution in [0, 0.1) is 6.92 Å². The van der Waals surface area contributed by atoms with E-state index < -0.39 is 5.60 Å². The molecule has 0 aliphatic carbocycles. The third-order valence-corrected chi connectivity index (χ3v) is 5.84. The fourth-order valence-corrected chi connectivity index (χ4v) is 4.26. The zero-order chi connectivity index (χ0) is 24.0. The van der Waals surface area contributed by atoms with Crippen LogP contribution < -0.4 is 5.32 Å². The maximum absolute atomic E-state index is 12.9. The van der Waals surface area contributed by atoms with Gasteiger partial charge in [0.15, 0.2) is 0 Å². The van der Waals surface area contributed by atoms with Crippen LogP contribution in [0.25, 0.3) is 0 Å². The molecule has 0 saturated carbocycles. The number of halogens is 1. The first-order chi connectivity index (χ1) is 15.6. The van der Waals surface area contributed by atoms with E-state index in [1.165, 1.54) is 5.56 Å². The van der Waals surface area contributed by atoms with Gasteiger partial charge >= 0.3 is 6.09 Å². The lowest BCUT2D eigenvalue weighted by Gasteiger charge is -2.32. The quantitative estimate of drug-likeness (QED) is 0.580. The second kappa shape index (κ2) is 11.0. The van der Waals surface area contributed by atoms with Gasteiger partial charge in [-0.3, -0.25) is 9.69 Å². The number of anilines is 1. The van der Waals surface area contributed by atoms with Gasteiger partial charge in [-0.25, -0.2) is 4.79 Å². The lowest BCUT2D eigenvalue weighted by atomic mass is 10.1. The summed E-state index contributed by atoms with van der Waals surface area (Å²) in [5, 5.41) is 3.51. The van der Waals surface area contributed by atoms with E-state index in [4.69, 9.17) is 16.3 Å². The van der Waals surface area contributed by atoms with Crippen LogP contribution in [0.3, 0.4) is 0 Å². The number of aryl methyl sites for hydroxylation is 1. The smallest absolute Gasteiger partial charge is 0.410 e. The maximum atomic E-state index is 12.9. The predicted octanol–water partition coefficient (Wildman–Crippen LogP) is 5.49. The molecule has 0 radical (unpaired) electrons. The van der Waals surface area contributed by atoms with Gasteiger partial charge in [-0.2, -0.15) is 0 Å². The number of hydrogen-bond donors (Lipinski definition) is 1. The number of rotatable bonds is 7. The standard InChI is InChI=1S/C26H34ClN3O3/c1-19-9-5-6-10-20(19)16-29(18-24(31)28-22-12-7-11-21(27)15-22)17-23-13-8-14-30(23)25(32)33-26(2,3)4/h5-7,9-12,15,23H,8,13-14,16-18H2,1-4H3,(H,28,31)/t23-/m0/s1. The van der Waals surface area contributed by atoms with Crippen LogP contribution in [0.5, 0.6) is 0 Å². The van der Waals surface area contributed by atoms with Crippen LogP contribution in [0.15, 0.2) is 48.5 Å². The summed E-state index contributed by atoms with van der Waals surface area (Å²) in [6.07, 6.45) is 1.53. The SMILES string of the molecule is Cc1ccccc1CN(CC(=O)Nc1cccc(Cl)c1)C[C@@H]1CCCN1C(=O)OC(C)(C)C. The van der Waals surface area contributed by atoms with E-state index >= 15 is 0 Å². The van der Waals surface area contributed by atoms with Crippen molar-refractivity contribution in [1.82, 2.24) is 9.80 Å². The van der Waals surface area contributed by atoms with Gasteiger partial charge in [0.05, 0.1) is 6.54 Å². The summed E-state index contributed by atoms with van der Waals surface area (Å²) in [6.45, 7) is 9.79. The minimum atomic E-state index is -0.540. The van der Waals surface area contributed by atoms with E-state index in [9.17, 15) is 9.59 Å². The Morgan fingerprint density at radius 3 is 2.64 bits per heavy atom. The summed E-state index contributed by atoms with van der Waals surface area (Å²) >= 11 is 6.05. The molecule has 0 aromatic heterocycles. The minimum absolute atomic E-state index is 0.00263. The number of ether oxygens (including phenoxy) is 1. The predicted molar refractivity (Wildman–Crippen MR) is 132 cm³/mol. The summed E-state index contributed by atoms with van der Waals surface area (Å²) < 4.78 is 5.62. The summed E-state index contributed by atoms with van der Waals surface area (Å²) in [5.41, 5.74) is 2.46. The molecule has 2 aromatic carbocycles. The van der Waals surface area contributed by atoms with Gasteiger partial charge in [0.1, 0.15) is 5.60 Å². The molecule has 178 valence electrons. The third kappa shape index (κ3) is 7.76. The van der Waals surface area contributed by atoms with Crippen molar-refractivity contribution < 1.29 is 14.3 Å². The minimum Gasteiger partial charge on any atom is -0.444 e. The first-order valence-corrected chi connectivity index (χ1v) is 11.8. The number of carbonyl (C=O) groups is 2. The average Bonchev–Trinajstić information content (AvgIpc) is 3.16. The maximum Gasteiger partial charge on any atom is 0.410 e. The Hall–Kier alpha value is -2.57. The lowest BCUT2D eigenvalue weighted by molar-refractivity contribution is -0.117. The number of benzene rings is 2. The van der Waals surface area contributed by atoms with Crippen molar-refractivity contribution in [2.75, 3.05) is 25.0 Å². The van der Waals surface area contributed by atoms with Gasteiger partial charge in [-0.1, -0.05) is 41.9 Å². The molecule has 1 heterocycles. The molecule has 1 N–H and O–H groups in total.